The highest BCUT2D eigenvalue weighted by atomic mass is 16.6. The minimum Gasteiger partial charge on any atom is -0.493 e. The van der Waals surface area contributed by atoms with E-state index in [4.69, 9.17) is 18.9 Å². The molecule has 2 aromatic carbocycles. The standard InChI is InChI=1S/C22H23NO5/c1-22(2,28-21(24)14-9-7-6-8-10-14)20-16-13-17(25-3)19(27-5)18(26-4)15(16)11-12-23-20/h6-13H,1-5H3. The maximum atomic E-state index is 12.6. The Balaban J connectivity index is 2.13. The number of fused-ring (bicyclic) bond motifs is 1. The van der Waals surface area contributed by atoms with Gasteiger partial charge in [-0.15, -0.1) is 0 Å². The lowest BCUT2D eigenvalue weighted by atomic mass is 9.96. The first-order valence-electron chi connectivity index (χ1n) is 8.79. The second kappa shape index (κ2) is 7.76. The van der Waals surface area contributed by atoms with Crippen LogP contribution in [0.4, 0.5) is 0 Å². The van der Waals surface area contributed by atoms with Crippen LogP contribution >= 0.6 is 0 Å². The number of methoxy groups -OCH3 is 3. The predicted octanol–water partition coefficient (Wildman–Crippen LogP) is 4.35. The molecular formula is C22H23NO5. The van der Waals surface area contributed by atoms with Crippen molar-refractivity contribution in [1.29, 1.82) is 0 Å². The Kier molecular flexibility index (Phi) is 5.40. The minimum atomic E-state index is -0.989. The number of hydrogen-bond donors (Lipinski definition) is 0. The molecular weight excluding hydrogens is 358 g/mol. The summed E-state index contributed by atoms with van der Waals surface area (Å²) in [4.78, 5) is 17.1. The van der Waals surface area contributed by atoms with Gasteiger partial charge in [-0.1, -0.05) is 18.2 Å². The molecule has 0 aliphatic rings. The number of carbonyl (C=O) groups is 1. The van der Waals surface area contributed by atoms with Crippen molar-refractivity contribution < 1.29 is 23.7 Å². The van der Waals surface area contributed by atoms with Gasteiger partial charge in [-0.2, -0.15) is 0 Å². The molecule has 0 aliphatic carbocycles. The number of aromatic nitrogens is 1. The molecule has 28 heavy (non-hydrogen) atoms. The molecule has 0 atom stereocenters. The summed E-state index contributed by atoms with van der Waals surface area (Å²) in [5, 5.41) is 1.54. The fraction of sp³-hybridized carbons (Fsp3) is 0.273. The molecule has 0 spiro atoms. The van der Waals surface area contributed by atoms with E-state index in [1.54, 1.807) is 65.6 Å². The Labute approximate surface area is 164 Å². The van der Waals surface area contributed by atoms with Crippen molar-refractivity contribution in [3.63, 3.8) is 0 Å². The summed E-state index contributed by atoms with van der Waals surface area (Å²) in [5.74, 6) is 1.11. The lowest BCUT2D eigenvalue weighted by Gasteiger charge is -2.26. The average molecular weight is 381 g/mol. The van der Waals surface area contributed by atoms with Crippen LogP contribution in [0.1, 0.15) is 29.9 Å². The molecule has 0 radical (unpaired) electrons. The van der Waals surface area contributed by atoms with Gasteiger partial charge in [0.2, 0.25) is 5.75 Å². The van der Waals surface area contributed by atoms with Gasteiger partial charge >= 0.3 is 5.97 Å². The van der Waals surface area contributed by atoms with Crippen molar-refractivity contribution >= 4 is 16.7 Å². The fourth-order valence-corrected chi connectivity index (χ4v) is 3.19. The minimum absolute atomic E-state index is 0.420. The number of esters is 1. The number of carbonyl (C=O) groups excluding carboxylic acids is 1. The van der Waals surface area contributed by atoms with Gasteiger partial charge in [-0.3, -0.25) is 4.98 Å². The molecule has 0 fully saturated rings. The summed E-state index contributed by atoms with van der Waals surface area (Å²) >= 11 is 0. The first kappa shape index (κ1) is 19.5. The summed E-state index contributed by atoms with van der Waals surface area (Å²) in [6.45, 7) is 3.61. The van der Waals surface area contributed by atoms with Crippen LogP contribution in [0.25, 0.3) is 10.8 Å². The lowest BCUT2D eigenvalue weighted by Crippen LogP contribution is -2.27. The van der Waals surface area contributed by atoms with E-state index in [2.05, 4.69) is 4.98 Å². The van der Waals surface area contributed by atoms with Gasteiger partial charge < -0.3 is 18.9 Å². The molecule has 0 aliphatic heterocycles. The Bertz CT molecular complexity index is 999. The van der Waals surface area contributed by atoms with Crippen molar-refractivity contribution in [1.82, 2.24) is 4.98 Å². The van der Waals surface area contributed by atoms with Crippen LogP contribution in [0.5, 0.6) is 17.2 Å². The molecule has 0 saturated heterocycles. The van der Waals surface area contributed by atoms with Crippen LogP contribution in [-0.2, 0) is 10.3 Å². The van der Waals surface area contributed by atoms with Gasteiger partial charge in [0.15, 0.2) is 11.5 Å². The van der Waals surface area contributed by atoms with Crippen LogP contribution in [0.15, 0.2) is 48.7 Å². The van der Waals surface area contributed by atoms with Crippen molar-refractivity contribution in [3.05, 3.63) is 59.9 Å². The quantitative estimate of drug-likeness (QED) is 0.591. The van der Waals surface area contributed by atoms with E-state index in [1.165, 1.54) is 0 Å². The van der Waals surface area contributed by atoms with Gasteiger partial charge in [-0.25, -0.2) is 4.79 Å². The smallest absolute Gasteiger partial charge is 0.339 e. The second-order valence-corrected chi connectivity index (χ2v) is 6.67. The van der Waals surface area contributed by atoms with Crippen molar-refractivity contribution in [2.24, 2.45) is 0 Å². The van der Waals surface area contributed by atoms with E-state index in [0.29, 0.717) is 28.5 Å². The van der Waals surface area contributed by atoms with E-state index in [0.717, 1.165) is 10.8 Å². The molecule has 0 bridgehead atoms. The molecule has 146 valence electrons. The van der Waals surface area contributed by atoms with E-state index in [9.17, 15) is 4.79 Å². The largest absolute Gasteiger partial charge is 0.493 e. The number of ether oxygens (including phenoxy) is 4. The molecule has 0 amide bonds. The molecule has 6 heteroatoms. The maximum absolute atomic E-state index is 12.6. The number of hydrogen-bond acceptors (Lipinski definition) is 6. The Morgan fingerprint density at radius 1 is 0.893 bits per heavy atom. The summed E-state index contributed by atoms with van der Waals surface area (Å²) in [7, 11) is 4.68. The van der Waals surface area contributed by atoms with Crippen LogP contribution in [-0.4, -0.2) is 32.3 Å². The van der Waals surface area contributed by atoms with Crippen molar-refractivity contribution in [2.75, 3.05) is 21.3 Å². The normalized spacial score (nSPS) is 11.2. The zero-order chi connectivity index (χ0) is 20.3. The number of rotatable bonds is 6. The van der Waals surface area contributed by atoms with Crippen LogP contribution in [0, 0.1) is 0 Å². The molecule has 0 saturated carbocycles. The van der Waals surface area contributed by atoms with Gasteiger partial charge in [0.05, 0.1) is 32.6 Å². The van der Waals surface area contributed by atoms with E-state index >= 15 is 0 Å². The first-order chi connectivity index (χ1) is 13.4. The van der Waals surface area contributed by atoms with E-state index in [-0.39, 0.29) is 0 Å². The number of benzene rings is 2. The van der Waals surface area contributed by atoms with Gasteiger partial charge in [0.25, 0.3) is 0 Å². The third-order valence-corrected chi connectivity index (χ3v) is 4.50. The highest BCUT2D eigenvalue weighted by Crippen LogP contribution is 2.45. The molecule has 3 rings (SSSR count). The van der Waals surface area contributed by atoms with Crippen molar-refractivity contribution in [2.45, 2.75) is 19.4 Å². The van der Waals surface area contributed by atoms with Gasteiger partial charge in [-0.05, 0) is 38.1 Å². The van der Waals surface area contributed by atoms with Gasteiger partial charge in [0, 0.05) is 17.0 Å². The highest BCUT2D eigenvalue weighted by Gasteiger charge is 2.31. The Morgan fingerprint density at radius 3 is 2.18 bits per heavy atom. The van der Waals surface area contributed by atoms with Crippen molar-refractivity contribution in [3.8, 4) is 17.2 Å². The third-order valence-electron chi connectivity index (χ3n) is 4.50. The molecule has 6 nitrogen and oxygen atoms in total. The average Bonchev–Trinajstić information content (AvgIpc) is 2.71. The molecule has 3 aromatic rings. The van der Waals surface area contributed by atoms with Crippen LogP contribution in [0.3, 0.4) is 0 Å². The summed E-state index contributed by atoms with van der Waals surface area (Å²) in [6, 6.07) is 12.5. The monoisotopic (exact) mass is 381 g/mol. The van der Waals surface area contributed by atoms with E-state index < -0.39 is 11.6 Å². The lowest BCUT2D eigenvalue weighted by molar-refractivity contribution is -0.00428. The highest BCUT2D eigenvalue weighted by molar-refractivity contribution is 5.95. The number of pyridine rings is 1. The van der Waals surface area contributed by atoms with Crippen LogP contribution in [0.2, 0.25) is 0 Å². The third kappa shape index (κ3) is 3.45. The van der Waals surface area contributed by atoms with Crippen LogP contribution < -0.4 is 14.2 Å². The fourth-order valence-electron chi connectivity index (χ4n) is 3.19. The zero-order valence-corrected chi connectivity index (χ0v) is 16.6. The van der Waals surface area contributed by atoms with E-state index in [1.807, 2.05) is 18.2 Å². The first-order valence-corrected chi connectivity index (χ1v) is 8.79. The number of nitrogens with zero attached hydrogens (tertiary/aromatic N) is 1. The maximum Gasteiger partial charge on any atom is 0.339 e. The summed E-state index contributed by atoms with van der Waals surface area (Å²) < 4.78 is 22.3. The summed E-state index contributed by atoms with van der Waals surface area (Å²) in [6.07, 6.45) is 1.66. The predicted molar refractivity (Wildman–Crippen MR) is 106 cm³/mol. The van der Waals surface area contributed by atoms with Gasteiger partial charge in [0.1, 0.15) is 5.60 Å². The SMILES string of the molecule is COc1cc2c(C(C)(C)OC(=O)c3ccccc3)nccc2c(OC)c1OC. The molecule has 0 N–H and O–H groups in total. The topological polar surface area (TPSA) is 66.9 Å². The molecule has 1 aromatic heterocycles. The Hall–Kier alpha value is -3.28. The molecule has 0 unspecified atom stereocenters. The second-order valence-electron chi connectivity index (χ2n) is 6.67. The molecule has 1 heterocycles. The Morgan fingerprint density at radius 2 is 1.57 bits per heavy atom. The zero-order valence-electron chi connectivity index (χ0n) is 16.6. The summed E-state index contributed by atoms with van der Waals surface area (Å²) in [5.41, 5.74) is 0.0815.